The zero-order valence-electron chi connectivity index (χ0n) is 12.0. The first-order valence-corrected chi connectivity index (χ1v) is 7.87. The van der Waals surface area contributed by atoms with E-state index in [1.54, 1.807) is 17.5 Å². The van der Waals surface area contributed by atoms with Crippen molar-refractivity contribution in [3.63, 3.8) is 0 Å². The Morgan fingerprint density at radius 2 is 2.19 bits per heavy atom. The molecule has 1 atom stereocenters. The molecule has 5 nitrogen and oxygen atoms in total. The lowest BCUT2D eigenvalue weighted by Crippen LogP contribution is -2.08. The first-order valence-electron chi connectivity index (χ1n) is 6.61. The van der Waals surface area contributed by atoms with Crippen LogP contribution in [0.25, 0.3) is 11.5 Å². The molecule has 3 heterocycles. The fraction of sp³-hybridized carbons (Fsp3) is 0.357. The van der Waals surface area contributed by atoms with Gasteiger partial charge in [0.2, 0.25) is 0 Å². The van der Waals surface area contributed by atoms with Crippen molar-refractivity contribution < 1.29 is 4.42 Å². The predicted octanol–water partition coefficient (Wildman–Crippen LogP) is 4.07. The summed E-state index contributed by atoms with van der Waals surface area (Å²) in [5, 5.41) is 7.92. The summed E-state index contributed by atoms with van der Waals surface area (Å²) in [6.45, 7) is 5.86. The molecule has 0 radical (unpaired) electrons. The van der Waals surface area contributed by atoms with E-state index in [9.17, 15) is 0 Å². The van der Waals surface area contributed by atoms with Crippen LogP contribution < -0.4 is 0 Å². The zero-order valence-corrected chi connectivity index (χ0v) is 13.6. The molecule has 3 aromatic rings. The molecular weight excluding hydrogens is 308 g/mol. The predicted molar refractivity (Wildman–Crippen MR) is 82.7 cm³/mol. The largest absolute Gasteiger partial charge is 0.439 e. The maximum atomic E-state index is 5.90. The van der Waals surface area contributed by atoms with Gasteiger partial charge in [-0.2, -0.15) is 5.10 Å². The molecule has 110 valence electrons. The van der Waals surface area contributed by atoms with Crippen LogP contribution in [0, 0.1) is 13.8 Å². The lowest BCUT2D eigenvalue weighted by Gasteiger charge is -2.09. The minimum Gasteiger partial charge on any atom is -0.439 e. The number of aromatic nitrogens is 4. The Labute approximate surface area is 131 Å². The molecule has 0 saturated heterocycles. The summed E-state index contributed by atoms with van der Waals surface area (Å²) in [7, 11) is 0. The Balaban J connectivity index is 1.77. The zero-order chi connectivity index (χ0) is 15.0. The molecule has 7 heteroatoms. The van der Waals surface area contributed by atoms with Gasteiger partial charge in [-0.05, 0) is 13.8 Å². The van der Waals surface area contributed by atoms with Crippen molar-refractivity contribution in [2.45, 2.75) is 33.2 Å². The summed E-state index contributed by atoms with van der Waals surface area (Å²) in [6.07, 6.45) is 4.27. The molecule has 0 N–H and O–H groups in total. The number of aryl methyl sites for hydroxylation is 2. The summed E-state index contributed by atoms with van der Waals surface area (Å²) in [6, 6.07) is 0.203. The number of halogens is 1. The van der Waals surface area contributed by atoms with E-state index in [-0.39, 0.29) is 6.04 Å². The average Bonchev–Trinajstić information content (AvgIpc) is 3.10. The number of hydrogen-bond acceptors (Lipinski definition) is 5. The van der Waals surface area contributed by atoms with E-state index in [0.717, 1.165) is 28.6 Å². The van der Waals surface area contributed by atoms with Crippen molar-refractivity contribution in [2.75, 3.05) is 0 Å². The number of nitrogens with zero attached hydrogens (tertiary/aromatic N) is 4. The highest BCUT2D eigenvalue weighted by Crippen LogP contribution is 2.27. The van der Waals surface area contributed by atoms with Gasteiger partial charge in [0.15, 0.2) is 11.7 Å². The molecule has 0 aliphatic heterocycles. The topological polar surface area (TPSA) is 56.7 Å². The highest BCUT2D eigenvalue weighted by molar-refractivity contribution is 7.09. The van der Waals surface area contributed by atoms with Crippen LogP contribution in [0.15, 0.2) is 22.2 Å². The van der Waals surface area contributed by atoms with E-state index in [2.05, 4.69) is 22.0 Å². The quantitative estimate of drug-likeness (QED) is 0.726. The normalized spacial score (nSPS) is 12.8. The fourth-order valence-corrected chi connectivity index (χ4v) is 3.22. The number of thiazole rings is 1. The monoisotopic (exact) mass is 322 g/mol. The number of rotatable bonds is 4. The van der Waals surface area contributed by atoms with Crippen molar-refractivity contribution in [1.82, 2.24) is 19.7 Å². The second-order valence-electron chi connectivity index (χ2n) is 4.97. The summed E-state index contributed by atoms with van der Waals surface area (Å²) >= 11 is 7.51. The van der Waals surface area contributed by atoms with Gasteiger partial charge in [-0.1, -0.05) is 11.6 Å². The van der Waals surface area contributed by atoms with E-state index in [0.29, 0.717) is 10.9 Å². The molecule has 0 amide bonds. The van der Waals surface area contributed by atoms with Gasteiger partial charge in [-0.15, -0.1) is 11.3 Å². The first kappa shape index (κ1) is 14.3. The van der Waals surface area contributed by atoms with Crippen LogP contribution in [-0.2, 0) is 6.42 Å². The van der Waals surface area contributed by atoms with Crippen molar-refractivity contribution in [3.8, 4) is 11.5 Å². The molecule has 21 heavy (non-hydrogen) atoms. The van der Waals surface area contributed by atoms with E-state index < -0.39 is 0 Å². The van der Waals surface area contributed by atoms with E-state index >= 15 is 0 Å². The van der Waals surface area contributed by atoms with Gasteiger partial charge in [0.05, 0.1) is 28.0 Å². The maximum Gasteiger partial charge on any atom is 0.192 e. The Morgan fingerprint density at radius 1 is 1.38 bits per heavy atom. The third kappa shape index (κ3) is 3.01. The first-order chi connectivity index (χ1) is 10.0. The summed E-state index contributed by atoms with van der Waals surface area (Å²) in [5.41, 5.74) is 1.72. The molecule has 0 fully saturated rings. The molecule has 3 aromatic heterocycles. The van der Waals surface area contributed by atoms with Gasteiger partial charge >= 0.3 is 0 Å². The smallest absolute Gasteiger partial charge is 0.192 e. The van der Waals surface area contributed by atoms with Crippen LogP contribution in [0.3, 0.4) is 0 Å². The highest BCUT2D eigenvalue weighted by Gasteiger charge is 2.15. The molecule has 0 aliphatic carbocycles. The van der Waals surface area contributed by atoms with Crippen molar-refractivity contribution in [2.24, 2.45) is 0 Å². The van der Waals surface area contributed by atoms with Crippen molar-refractivity contribution in [3.05, 3.63) is 39.4 Å². The molecule has 0 unspecified atom stereocenters. The van der Waals surface area contributed by atoms with Crippen molar-refractivity contribution >= 4 is 22.9 Å². The van der Waals surface area contributed by atoms with Crippen LogP contribution in [-0.4, -0.2) is 19.7 Å². The third-order valence-corrected chi connectivity index (χ3v) is 4.25. The number of oxazole rings is 1. The molecule has 3 rings (SSSR count). The summed E-state index contributed by atoms with van der Waals surface area (Å²) in [4.78, 5) is 8.91. The summed E-state index contributed by atoms with van der Waals surface area (Å²) < 4.78 is 7.46. The standard InChI is InChI=1S/C14H15ClN4OS/c1-8(19-6-11(15)5-16-19)4-13-18-12(7-21-13)14-9(2)17-10(3)20-14/h5-8H,4H2,1-3H3/t8-/m1/s1. The van der Waals surface area contributed by atoms with Gasteiger partial charge in [0, 0.05) is 24.9 Å². The van der Waals surface area contributed by atoms with Crippen LogP contribution in [0.1, 0.15) is 29.6 Å². The fourth-order valence-electron chi connectivity index (χ4n) is 2.18. The van der Waals surface area contributed by atoms with E-state index in [1.165, 1.54) is 0 Å². The second-order valence-corrected chi connectivity index (χ2v) is 6.34. The van der Waals surface area contributed by atoms with Gasteiger partial charge < -0.3 is 4.42 Å². The van der Waals surface area contributed by atoms with Crippen LogP contribution >= 0.6 is 22.9 Å². The van der Waals surface area contributed by atoms with Crippen LogP contribution in [0.5, 0.6) is 0 Å². The molecule has 0 saturated carbocycles. The van der Waals surface area contributed by atoms with Gasteiger partial charge in [0.25, 0.3) is 0 Å². The van der Waals surface area contributed by atoms with Crippen LogP contribution in [0.2, 0.25) is 5.02 Å². The lowest BCUT2D eigenvalue weighted by molar-refractivity contribution is 0.487. The number of hydrogen-bond donors (Lipinski definition) is 0. The van der Waals surface area contributed by atoms with Crippen molar-refractivity contribution in [1.29, 1.82) is 0 Å². The maximum absolute atomic E-state index is 5.90. The minimum atomic E-state index is 0.203. The Hall–Kier alpha value is -1.66. The molecule has 0 aromatic carbocycles. The van der Waals surface area contributed by atoms with E-state index in [4.69, 9.17) is 16.0 Å². The SMILES string of the molecule is Cc1nc(C)c(-c2csc(C[C@@H](C)n3cc(Cl)cn3)n2)o1. The Kier molecular flexibility index (Phi) is 3.82. The molecular formula is C14H15ClN4OS. The Bertz CT molecular complexity index is 761. The lowest BCUT2D eigenvalue weighted by atomic mass is 10.2. The Morgan fingerprint density at radius 3 is 2.81 bits per heavy atom. The van der Waals surface area contributed by atoms with Crippen LogP contribution in [0.4, 0.5) is 0 Å². The molecule has 0 aliphatic rings. The molecule has 0 bridgehead atoms. The van der Waals surface area contributed by atoms with Gasteiger partial charge in [0.1, 0.15) is 5.69 Å². The molecule has 0 spiro atoms. The second kappa shape index (κ2) is 5.61. The average molecular weight is 323 g/mol. The highest BCUT2D eigenvalue weighted by atomic mass is 35.5. The van der Waals surface area contributed by atoms with Gasteiger partial charge in [-0.3, -0.25) is 4.68 Å². The summed E-state index contributed by atoms with van der Waals surface area (Å²) in [5.74, 6) is 1.42. The minimum absolute atomic E-state index is 0.203. The third-order valence-electron chi connectivity index (χ3n) is 3.18. The van der Waals surface area contributed by atoms with Gasteiger partial charge in [-0.25, -0.2) is 9.97 Å². The van der Waals surface area contributed by atoms with E-state index in [1.807, 2.05) is 30.1 Å².